The van der Waals surface area contributed by atoms with Crippen molar-refractivity contribution >= 4 is 54.8 Å². The predicted molar refractivity (Wildman–Crippen MR) is 143 cm³/mol. The van der Waals surface area contributed by atoms with Crippen LogP contribution in [-0.2, 0) is 29.7 Å². The maximum absolute atomic E-state index is 13.4. The fourth-order valence-electron chi connectivity index (χ4n) is 3.71. The highest BCUT2D eigenvalue weighted by Gasteiger charge is 2.47. The van der Waals surface area contributed by atoms with E-state index < -0.39 is 38.1 Å². The lowest BCUT2D eigenvalue weighted by molar-refractivity contribution is -0.137. The molecule has 1 aromatic heterocycles. The van der Waals surface area contributed by atoms with Gasteiger partial charge in [0.25, 0.3) is 5.91 Å². The number of nitrogens with zero attached hydrogens (tertiary/aromatic N) is 2. The van der Waals surface area contributed by atoms with Gasteiger partial charge in [-0.1, -0.05) is 41.0 Å². The zero-order valence-corrected chi connectivity index (χ0v) is 22.3. The van der Waals surface area contributed by atoms with E-state index in [1.54, 1.807) is 42.5 Å². The number of nitrogen functional groups attached to an aromatic ring is 1. The average molecular weight is 579 g/mol. The van der Waals surface area contributed by atoms with E-state index >= 15 is 0 Å². The van der Waals surface area contributed by atoms with Crippen molar-refractivity contribution in [2.45, 2.75) is 16.9 Å². The third kappa shape index (κ3) is 6.11. The molecule has 0 unspecified atom stereocenters. The van der Waals surface area contributed by atoms with E-state index in [0.717, 1.165) is 6.26 Å². The van der Waals surface area contributed by atoms with Crippen LogP contribution in [0, 0.1) is 0 Å². The molecule has 2 heterocycles. The average Bonchev–Trinajstić information content (AvgIpc) is 3.30. The second-order valence-corrected chi connectivity index (χ2v) is 12.3. The molecule has 0 radical (unpaired) electrons. The van der Waals surface area contributed by atoms with Gasteiger partial charge in [-0.15, -0.1) is 0 Å². The summed E-state index contributed by atoms with van der Waals surface area (Å²) in [6.45, 7) is -0.409. The summed E-state index contributed by atoms with van der Waals surface area (Å²) in [5.41, 5.74) is 6.15. The number of primary sulfonamides is 1. The van der Waals surface area contributed by atoms with Crippen molar-refractivity contribution in [3.63, 3.8) is 0 Å². The van der Waals surface area contributed by atoms with Gasteiger partial charge in [-0.05, 0) is 30.3 Å². The maximum atomic E-state index is 13.4. The summed E-state index contributed by atoms with van der Waals surface area (Å²) in [4.78, 5) is 23.0. The molecule has 0 bridgehead atoms. The third-order valence-corrected chi connectivity index (χ3v) is 7.64. The minimum atomic E-state index is -3.98. The highest BCUT2D eigenvalue weighted by molar-refractivity contribution is 7.89. The van der Waals surface area contributed by atoms with Crippen LogP contribution in [0.3, 0.4) is 0 Å². The molecule has 1 amide bonds. The van der Waals surface area contributed by atoms with E-state index in [2.05, 4.69) is 20.2 Å². The van der Waals surface area contributed by atoms with Gasteiger partial charge in [0.05, 0.1) is 34.1 Å². The van der Waals surface area contributed by atoms with E-state index in [0.29, 0.717) is 33.1 Å². The Morgan fingerprint density at radius 3 is 2.45 bits per heavy atom. The summed E-state index contributed by atoms with van der Waals surface area (Å²) >= 11 is 5.99. The van der Waals surface area contributed by atoms with E-state index in [-0.39, 0.29) is 17.1 Å². The number of pyridine rings is 1. The highest BCUT2D eigenvalue weighted by Crippen LogP contribution is 2.31. The lowest BCUT2D eigenvalue weighted by Gasteiger charge is -2.25. The topological polar surface area (TPSA) is 196 Å². The van der Waals surface area contributed by atoms with E-state index in [1.165, 1.54) is 18.3 Å². The zero-order valence-electron chi connectivity index (χ0n) is 19.9. The minimum Gasteiger partial charge on any atom is -0.398 e. The van der Waals surface area contributed by atoms with Gasteiger partial charge in [0, 0.05) is 29.3 Å². The number of benzene rings is 2. The largest absolute Gasteiger partial charge is 0.398 e. The van der Waals surface area contributed by atoms with Crippen LogP contribution in [0.2, 0.25) is 5.02 Å². The maximum Gasteiger partial charge on any atom is 0.274 e. The molecule has 0 saturated heterocycles. The standard InChI is InChI=1S/C23H23ClN6O6S2/c1-37(32,33)28-13-23(11-19(30-36-23)14-6-8-17(24)18(25)10-14)22(31)29-21-9-7-15(12-27-21)16-4-2-3-5-20(16)38(26,34)35/h2-10,12,28H,11,13,25H2,1H3,(H2,26,34,35)(H,27,29,31)/t23-/m0/s1. The van der Waals surface area contributed by atoms with Crippen LogP contribution in [0.5, 0.6) is 0 Å². The smallest absolute Gasteiger partial charge is 0.274 e. The van der Waals surface area contributed by atoms with Crippen LogP contribution in [0.4, 0.5) is 11.5 Å². The fourth-order valence-corrected chi connectivity index (χ4v) is 5.08. The fraction of sp³-hybridized carbons (Fsp3) is 0.174. The van der Waals surface area contributed by atoms with Crippen molar-refractivity contribution in [3.8, 4) is 11.1 Å². The molecule has 6 N–H and O–H groups in total. The molecular formula is C23H23ClN6O6S2. The van der Waals surface area contributed by atoms with Crippen molar-refractivity contribution in [3.05, 3.63) is 71.4 Å². The Kier molecular flexibility index (Phi) is 7.45. The molecule has 1 atom stereocenters. The Labute approximate surface area is 224 Å². The Bertz CT molecular complexity index is 1650. The molecule has 200 valence electrons. The first-order valence-electron chi connectivity index (χ1n) is 10.9. The summed E-state index contributed by atoms with van der Waals surface area (Å²) in [5.74, 6) is -0.599. The molecule has 4 rings (SSSR count). The van der Waals surface area contributed by atoms with Gasteiger partial charge >= 0.3 is 0 Å². The molecule has 2 aromatic carbocycles. The number of carbonyl (C=O) groups is 1. The lowest BCUT2D eigenvalue weighted by atomic mass is 9.93. The molecule has 1 aliphatic rings. The summed E-state index contributed by atoms with van der Waals surface area (Å²) in [6.07, 6.45) is 2.24. The summed E-state index contributed by atoms with van der Waals surface area (Å²) in [6, 6.07) is 14.0. The van der Waals surface area contributed by atoms with Crippen molar-refractivity contribution in [2.24, 2.45) is 10.3 Å². The number of hydrogen-bond acceptors (Lipinski definition) is 9. The van der Waals surface area contributed by atoms with Crippen molar-refractivity contribution in [1.29, 1.82) is 0 Å². The Balaban J connectivity index is 1.58. The molecule has 0 spiro atoms. The van der Waals surface area contributed by atoms with Gasteiger partial charge < -0.3 is 15.9 Å². The summed E-state index contributed by atoms with van der Waals surface area (Å²) in [5, 5.41) is 12.3. The number of hydrogen-bond donors (Lipinski definition) is 4. The number of halogens is 1. The molecule has 0 fully saturated rings. The molecule has 12 nitrogen and oxygen atoms in total. The van der Waals surface area contributed by atoms with E-state index in [4.69, 9.17) is 27.3 Å². The second-order valence-electron chi connectivity index (χ2n) is 8.56. The first-order valence-corrected chi connectivity index (χ1v) is 14.7. The Morgan fingerprint density at radius 1 is 1.11 bits per heavy atom. The van der Waals surface area contributed by atoms with Crippen LogP contribution >= 0.6 is 11.6 Å². The van der Waals surface area contributed by atoms with Gasteiger partial charge in [0.1, 0.15) is 5.82 Å². The quantitative estimate of drug-likeness (QED) is 0.289. The van der Waals surface area contributed by atoms with Gasteiger partial charge in [-0.2, -0.15) is 0 Å². The lowest BCUT2D eigenvalue weighted by Crippen LogP contribution is -2.51. The Hall–Kier alpha value is -3.56. The van der Waals surface area contributed by atoms with Gasteiger partial charge in [-0.3, -0.25) is 4.79 Å². The van der Waals surface area contributed by atoms with Crippen molar-refractivity contribution < 1.29 is 26.5 Å². The monoisotopic (exact) mass is 578 g/mol. The number of amides is 1. The third-order valence-electron chi connectivity index (χ3n) is 5.66. The van der Waals surface area contributed by atoms with Crippen molar-refractivity contribution in [1.82, 2.24) is 9.71 Å². The summed E-state index contributed by atoms with van der Waals surface area (Å²) in [7, 11) is -7.66. The molecule has 1 aliphatic heterocycles. The number of aromatic nitrogens is 1. The van der Waals surface area contributed by atoms with Gasteiger partial charge in [0.2, 0.25) is 25.6 Å². The van der Waals surface area contributed by atoms with Gasteiger partial charge in [-0.25, -0.2) is 31.7 Å². The number of oxime groups is 1. The van der Waals surface area contributed by atoms with Crippen LogP contribution in [0.25, 0.3) is 11.1 Å². The molecule has 0 saturated carbocycles. The number of rotatable bonds is 8. The predicted octanol–water partition coefficient (Wildman–Crippen LogP) is 1.68. The Morgan fingerprint density at radius 2 is 1.82 bits per heavy atom. The van der Waals surface area contributed by atoms with E-state index in [1.807, 2.05) is 0 Å². The minimum absolute atomic E-state index is 0.0729. The normalized spacial score (nSPS) is 17.5. The van der Waals surface area contributed by atoms with Crippen molar-refractivity contribution in [2.75, 3.05) is 23.9 Å². The van der Waals surface area contributed by atoms with Gasteiger partial charge in [0.15, 0.2) is 0 Å². The van der Waals surface area contributed by atoms with Crippen LogP contribution < -0.4 is 20.9 Å². The molecule has 0 aliphatic carbocycles. The highest BCUT2D eigenvalue weighted by atomic mass is 35.5. The number of anilines is 2. The number of nitrogens with two attached hydrogens (primary N) is 2. The molecular weight excluding hydrogens is 556 g/mol. The molecule has 3 aromatic rings. The van der Waals surface area contributed by atoms with E-state index in [9.17, 15) is 21.6 Å². The summed E-state index contributed by atoms with van der Waals surface area (Å²) < 4.78 is 49.7. The SMILES string of the molecule is CS(=O)(=O)NC[C@]1(C(=O)Nc2ccc(-c3ccccc3S(N)(=O)=O)cn2)CC(c2ccc(Cl)c(N)c2)=NO1. The van der Waals surface area contributed by atoms with Crippen LogP contribution in [0.15, 0.2) is 70.8 Å². The number of sulfonamides is 2. The zero-order chi connectivity index (χ0) is 27.7. The first-order chi connectivity index (χ1) is 17.8. The first kappa shape index (κ1) is 27.5. The second kappa shape index (κ2) is 10.3. The number of nitrogens with one attached hydrogen (secondary N) is 2. The molecule has 15 heteroatoms. The number of carbonyl (C=O) groups excluding carboxylic acids is 1. The van der Waals surface area contributed by atoms with Crippen LogP contribution in [0.1, 0.15) is 12.0 Å². The molecule has 38 heavy (non-hydrogen) atoms. The van der Waals surface area contributed by atoms with Crippen LogP contribution in [-0.4, -0.2) is 51.8 Å².